The third-order valence-corrected chi connectivity index (χ3v) is 2.57. The Morgan fingerprint density at radius 3 is 2.59 bits per heavy atom. The van der Waals surface area contributed by atoms with Crippen molar-refractivity contribution < 1.29 is 9.84 Å². The van der Waals surface area contributed by atoms with E-state index in [9.17, 15) is 14.7 Å². The summed E-state index contributed by atoms with van der Waals surface area (Å²) in [5.41, 5.74) is -0.931. The average molecular weight is 242 g/mol. The second kappa shape index (κ2) is 5.67. The van der Waals surface area contributed by atoms with Crippen molar-refractivity contribution in [1.29, 1.82) is 0 Å². The first-order valence-corrected chi connectivity index (χ1v) is 5.67. The lowest BCUT2D eigenvalue weighted by molar-refractivity contribution is 0.114. The van der Waals surface area contributed by atoms with Gasteiger partial charge >= 0.3 is 5.69 Å². The van der Waals surface area contributed by atoms with Crippen molar-refractivity contribution >= 4 is 0 Å². The van der Waals surface area contributed by atoms with Gasteiger partial charge in [0.1, 0.15) is 0 Å². The van der Waals surface area contributed by atoms with Gasteiger partial charge in [-0.2, -0.15) is 0 Å². The number of aromatic amines is 1. The molecule has 96 valence electrons. The molecular formula is C11H18N2O4. The number of aromatic hydroxyl groups is 1. The van der Waals surface area contributed by atoms with Crippen LogP contribution in [0, 0.1) is 0 Å². The molecule has 1 atom stereocenters. The number of hydrogen-bond donors (Lipinski definition) is 2. The molecule has 1 aromatic rings. The highest BCUT2D eigenvalue weighted by Crippen LogP contribution is 2.16. The standard InChI is InChI=1S/C11H18N2O4/c1-4-8-9(14)12-11(16)13(10(8)15)7(3)6-17-5-2/h7,15H,4-6H2,1-3H3,(H,12,14,16). The van der Waals surface area contributed by atoms with Gasteiger partial charge in [0.05, 0.1) is 18.2 Å². The van der Waals surface area contributed by atoms with Gasteiger partial charge in [-0.1, -0.05) is 6.92 Å². The zero-order valence-electron chi connectivity index (χ0n) is 10.3. The second-order valence-corrected chi connectivity index (χ2v) is 3.79. The summed E-state index contributed by atoms with van der Waals surface area (Å²) in [6.07, 6.45) is 0.364. The van der Waals surface area contributed by atoms with Crippen LogP contribution in [0.1, 0.15) is 32.4 Å². The fraction of sp³-hybridized carbons (Fsp3) is 0.636. The lowest BCUT2D eigenvalue weighted by atomic mass is 10.2. The van der Waals surface area contributed by atoms with E-state index in [4.69, 9.17) is 4.74 Å². The maximum atomic E-state index is 11.6. The summed E-state index contributed by atoms with van der Waals surface area (Å²) in [6, 6.07) is -0.329. The molecule has 1 unspecified atom stereocenters. The number of nitrogens with one attached hydrogen (secondary N) is 1. The minimum Gasteiger partial charge on any atom is -0.494 e. The summed E-state index contributed by atoms with van der Waals surface area (Å²) in [7, 11) is 0. The summed E-state index contributed by atoms with van der Waals surface area (Å²) in [5.74, 6) is -0.270. The Morgan fingerprint density at radius 1 is 1.41 bits per heavy atom. The number of aromatic nitrogens is 2. The molecule has 0 aromatic carbocycles. The van der Waals surface area contributed by atoms with Crippen molar-refractivity contribution in [2.24, 2.45) is 0 Å². The third kappa shape index (κ3) is 2.76. The van der Waals surface area contributed by atoms with Gasteiger partial charge < -0.3 is 9.84 Å². The van der Waals surface area contributed by atoms with Crippen LogP contribution in [-0.2, 0) is 11.2 Å². The normalized spacial score (nSPS) is 12.6. The molecule has 6 nitrogen and oxygen atoms in total. The van der Waals surface area contributed by atoms with E-state index in [1.165, 1.54) is 0 Å². The van der Waals surface area contributed by atoms with Gasteiger partial charge in [0, 0.05) is 6.61 Å². The van der Waals surface area contributed by atoms with E-state index in [1.54, 1.807) is 13.8 Å². The van der Waals surface area contributed by atoms with Crippen molar-refractivity contribution in [3.8, 4) is 5.88 Å². The summed E-state index contributed by atoms with van der Waals surface area (Å²) >= 11 is 0. The Morgan fingerprint density at radius 2 is 2.06 bits per heavy atom. The summed E-state index contributed by atoms with van der Waals surface area (Å²) < 4.78 is 6.35. The Hall–Kier alpha value is -1.56. The van der Waals surface area contributed by atoms with Crippen LogP contribution in [0.4, 0.5) is 0 Å². The Kier molecular flexibility index (Phi) is 4.51. The number of rotatable bonds is 5. The van der Waals surface area contributed by atoms with Crippen LogP contribution in [0.3, 0.4) is 0 Å². The largest absolute Gasteiger partial charge is 0.494 e. The van der Waals surface area contributed by atoms with Gasteiger partial charge in [-0.15, -0.1) is 0 Å². The minimum absolute atomic E-state index is 0.216. The zero-order valence-corrected chi connectivity index (χ0v) is 10.3. The topological polar surface area (TPSA) is 84.3 Å². The van der Waals surface area contributed by atoms with Crippen LogP contribution >= 0.6 is 0 Å². The molecule has 0 amide bonds. The van der Waals surface area contributed by atoms with E-state index < -0.39 is 11.2 Å². The van der Waals surface area contributed by atoms with Gasteiger partial charge in [-0.3, -0.25) is 14.3 Å². The molecule has 0 saturated carbocycles. The van der Waals surface area contributed by atoms with E-state index in [2.05, 4.69) is 4.98 Å². The van der Waals surface area contributed by atoms with Gasteiger partial charge in [0.2, 0.25) is 5.88 Å². The van der Waals surface area contributed by atoms with Crippen molar-refractivity contribution in [2.75, 3.05) is 13.2 Å². The average Bonchev–Trinajstić information content (AvgIpc) is 2.26. The molecule has 6 heteroatoms. The Labute approximate surface area is 98.9 Å². The summed E-state index contributed by atoms with van der Waals surface area (Å²) in [6.45, 7) is 6.17. The number of H-pyrrole nitrogens is 1. The second-order valence-electron chi connectivity index (χ2n) is 3.79. The van der Waals surface area contributed by atoms with Crippen molar-refractivity contribution in [3.63, 3.8) is 0 Å². The van der Waals surface area contributed by atoms with Crippen LogP contribution in [0.25, 0.3) is 0 Å². The minimum atomic E-state index is -0.614. The quantitative estimate of drug-likeness (QED) is 0.782. The van der Waals surface area contributed by atoms with Crippen molar-refractivity contribution in [3.05, 3.63) is 26.4 Å². The third-order valence-electron chi connectivity index (χ3n) is 2.57. The number of nitrogens with zero attached hydrogens (tertiary/aromatic N) is 1. The van der Waals surface area contributed by atoms with Gasteiger partial charge in [0.25, 0.3) is 5.56 Å². The molecule has 0 bridgehead atoms. The van der Waals surface area contributed by atoms with E-state index in [-0.39, 0.29) is 17.5 Å². The molecule has 0 saturated heterocycles. The molecular weight excluding hydrogens is 224 g/mol. The molecule has 0 spiro atoms. The van der Waals surface area contributed by atoms with E-state index in [1.807, 2.05) is 6.92 Å². The SMILES string of the molecule is CCOCC(C)n1c(O)c(CC)c(=O)[nH]c1=O. The first-order valence-electron chi connectivity index (χ1n) is 5.67. The molecule has 1 rings (SSSR count). The summed E-state index contributed by atoms with van der Waals surface area (Å²) in [4.78, 5) is 25.2. The van der Waals surface area contributed by atoms with Crippen molar-refractivity contribution in [2.45, 2.75) is 33.2 Å². The monoisotopic (exact) mass is 242 g/mol. The lowest BCUT2D eigenvalue weighted by Gasteiger charge is -2.17. The zero-order chi connectivity index (χ0) is 13.0. The van der Waals surface area contributed by atoms with Gasteiger partial charge in [-0.25, -0.2) is 4.79 Å². The Balaban J connectivity index is 3.24. The van der Waals surface area contributed by atoms with E-state index in [0.717, 1.165) is 4.57 Å². The van der Waals surface area contributed by atoms with Crippen molar-refractivity contribution in [1.82, 2.24) is 9.55 Å². The van der Waals surface area contributed by atoms with Crippen LogP contribution in [-0.4, -0.2) is 27.9 Å². The predicted molar refractivity (Wildman–Crippen MR) is 63.6 cm³/mol. The highest BCUT2D eigenvalue weighted by molar-refractivity contribution is 5.22. The first-order chi connectivity index (χ1) is 8.02. The molecule has 2 N–H and O–H groups in total. The molecule has 0 fully saturated rings. The first kappa shape index (κ1) is 13.5. The molecule has 0 aliphatic rings. The molecule has 17 heavy (non-hydrogen) atoms. The van der Waals surface area contributed by atoms with E-state index in [0.29, 0.717) is 19.6 Å². The van der Waals surface area contributed by atoms with E-state index >= 15 is 0 Å². The lowest BCUT2D eigenvalue weighted by Crippen LogP contribution is -2.35. The van der Waals surface area contributed by atoms with Crippen LogP contribution in [0.2, 0.25) is 0 Å². The summed E-state index contributed by atoms with van der Waals surface area (Å²) in [5, 5.41) is 9.91. The number of hydrogen-bond acceptors (Lipinski definition) is 4. The predicted octanol–water partition coefficient (Wildman–Crippen LogP) is 0.402. The molecule has 0 aliphatic heterocycles. The molecule has 1 aromatic heterocycles. The Bertz CT molecular complexity index is 489. The van der Waals surface area contributed by atoms with Gasteiger partial charge in [0.15, 0.2) is 0 Å². The maximum absolute atomic E-state index is 11.6. The highest BCUT2D eigenvalue weighted by atomic mass is 16.5. The van der Waals surface area contributed by atoms with Crippen LogP contribution in [0.5, 0.6) is 5.88 Å². The van der Waals surface area contributed by atoms with Crippen LogP contribution < -0.4 is 11.2 Å². The van der Waals surface area contributed by atoms with Gasteiger partial charge in [-0.05, 0) is 20.3 Å². The smallest absolute Gasteiger partial charge is 0.331 e. The van der Waals surface area contributed by atoms with Crippen LogP contribution in [0.15, 0.2) is 9.59 Å². The fourth-order valence-electron chi connectivity index (χ4n) is 1.67. The molecule has 0 aliphatic carbocycles. The molecule has 0 radical (unpaired) electrons. The maximum Gasteiger partial charge on any atom is 0.331 e. The fourth-order valence-corrected chi connectivity index (χ4v) is 1.67. The highest BCUT2D eigenvalue weighted by Gasteiger charge is 2.16. The molecule has 1 heterocycles. The number of ether oxygens (including phenoxy) is 1.